The van der Waals surface area contributed by atoms with E-state index < -0.39 is 0 Å². The molecule has 1 aromatic rings. The van der Waals surface area contributed by atoms with Gasteiger partial charge in [0.2, 0.25) is 5.91 Å². The maximum Gasteiger partial charge on any atom is 0.222 e. The number of nitrogens with one attached hydrogen (secondary N) is 1. The summed E-state index contributed by atoms with van der Waals surface area (Å²) in [7, 11) is 0. The first kappa shape index (κ1) is 13.0. The highest BCUT2D eigenvalue weighted by Crippen LogP contribution is 2.06. The average Bonchev–Trinajstić information content (AvgIpc) is 2.40. The van der Waals surface area contributed by atoms with Crippen LogP contribution in [0.4, 0.5) is 0 Å². The van der Waals surface area contributed by atoms with Gasteiger partial charge in [-0.2, -0.15) is 0 Å². The zero-order valence-electron chi connectivity index (χ0n) is 10.9. The summed E-state index contributed by atoms with van der Waals surface area (Å²) in [6.45, 7) is 4.70. The van der Waals surface area contributed by atoms with Gasteiger partial charge >= 0.3 is 0 Å². The van der Waals surface area contributed by atoms with E-state index in [9.17, 15) is 4.79 Å². The summed E-state index contributed by atoms with van der Waals surface area (Å²) in [5, 5.41) is 3.34. The van der Waals surface area contributed by atoms with Gasteiger partial charge in [-0.05, 0) is 31.9 Å². The van der Waals surface area contributed by atoms with Crippen LogP contribution < -0.4 is 5.32 Å². The molecule has 0 unspecified atom stereocenters. The molecule has 0 saturated carbocycles. The summed E-state index contributed by atoms with van der Waals surface area (Å²) in [6, 6.07) is 6.33. The number of rotatable bonds is 4. The van der Waals surface area contributed by atoms with Crippen LogP contribution in [0.15, 0.2) is 24.4 Å². The molecule has 18 heavy (non-hydrogen) atoms. The summed E-state index contributed by atoms with van der Waals surface area (Å²) >= 11 is 0. The molecule has 0 aliphatic carbocycles. The molecule has 1 fully saturated rings. The molecule has 1 amide bonds. The van der Waals surface area contributed by atoms with Gasteiger partial charge in [0.05, 0.1) is 0 Å². The zero-order valence-corrected chi connectivity index (χ0v) is 10.9. The predicted octanol–water partition coefficient (Wildman–Crippen LogP) is 1.22. The summed E-state index contributed by atoms with van der Waals surface area (Å²) in [6.07, 6.45) is 4.20. The Hall–Kier alpha value is -1.42. The van der Waals surface area contributed by atoms with Crippen molar-refractivity contribution in [3.63, 3.8) is 0 Å². The Bertz CT molecular complexity index is 380. The number of amides is 1. The first-order valence-electron chi connectivity index (χ1n) is 6.67. The van der Waals surface area contributed by atoms with Crippen molar-refractivity contribution in [1.82, 2.24) is 15.2 Å². The van der Waals surface area contributed by atoms with Crippen LogP contribution in [0, 0.1) is 0 Å². The van der Waals surface area contributed by atoms with Gasteiger partial charge in [-0.1, -0.05) is 6.07 Å². The first-order valence-corrected chi connectivity index (χ1v) is 6.67. The van der Waals surface area contributed by atoms with E-state index in [1.807, 2.05) is 23.1 Å². The molecule has 4 nitrogen and oxygen atoms in total. The maximum absolute atomic E-state index is 12.0. The molecule has 2 heterocycles. The van der Waals surface area contributed by atoms with Crippen LogP contribution in [-0.2, 0) is 11.2 Å². The van der Waals surface area contributed by atoms with E-state index in [1.165, 1.54) is 0 Å². The van der Waals surface area contributed by atoms with E-state index in [4.69, 9.17) is 0 Å². The van der Waals surface area contributed by atoms with Crippen LogP contribution in [0.5, 0.6) is 0 Å². The normalized spacial score (nSPS) is 19.8. The molecule has 4 heteroatoms. The van der Waals surface area contributed by atoms with Crippen LogP contribution >= 0.6 is 0 Å². The number of hydrogen-bond donors (Lipinski definition) is 1. The van der Waals surface area contributed by atoms with E-state index >= 15 is 0 Å². The van der Waals surface area contributed by atoms with Gasteiger partial charge in [-0.25, -0.2) is 0 Å². The zero-order chi connectivity index (χ0) is 12.8. The van der Waals surface area contributed by atoms with Crippen molar-refractivity contribution in [2.75, 3.05) is 19.6 Å². The molecule has 98 valence electrons. The van der Waals surface area contributed by atoms with Gasteiger partial charge in [0, 0.05) is 44.0 Å². The Labute approximate surface area is 108 Å². The highest BCUT2D eigenvalue weighted by atomic mass is 16.2. The summed E-state index contributed by atoms with van der Waals surface area (Å²) in [5.74, 6) is 0.277. The van der Waals surface area contributed by atoms with Crippen LogP contribution in [-0.4, -0.2) is 41.5 Å². The van der Waals surface area contributed by atoms with Crippen molar-refractivity contribution in [3.05, 3.63) is 30.1 Å². The fourth-order valence-corrected chi connectivity index (χ4v) is 2.28. The van der Waals surface area contributed by atoms with Gasteiger partial charge in [0.15, 0.2) is 0 Å². The van der Waals surface area contributed by atoms with Crippen LogP contribution in [0.1, 0.15) is 25.5 Å². The summed E-state index contributed by atoms with van der Waals surface area (Å²) < 4.78 is 0. The Balaban J connectivity index is 1.71. The average molecular weight is 247 g/mol. The Morgan fingerprint density at radius 2 is 2.44 bits per heavy atom. The van der Waals surface area contributed by atoms with Crippen LogP contribution in [0.3, 0.4) is 0 Å². The molecule has 1 aliphatic heterocycles. The third-order valence-corrected chi connectivity index (χ3v) is 3.27. The fraction of sp³-hybridized carbons (Fsp3) is 0.571. The number of aromatic nitrogens is 1. The van der Waals surface area contributed by atoms with Crippen molar-refractivity contribution in [2.24, 2.45) is 0 Å². The second-order valence-electron chi connectivity index (χ2n) is 4.87. The minimum atomic E-state index is 0.277. The highest BCUT2D eigenvalue weighted by Gasteiger charge is 2.19. The topological polar surface area (TPSA) is 45.2 Å². The minimum Gasteiger partial charge on any atom is -0.340 e. The largest absolute Gasteiger partial charge is 0.340 e. The monoisotopic (exact) mass is 247 g/mol. The lowest BCUT2D eigenvalue weighted by Crippen LogP contribution is -2.51. The van der Waals surface area contributed by atoms with Crippen molar-refractivity contribution in [2.45, 2.75) is 32.2 Å². The lowest BCUT2D eigenvalue weighted by Gasteiger charge is -2.32. The molecular formula is C14H21N3O. The number of aryl methyl sites for hydroxylation is 1. The molecule has 1 atom stereocenters. The standard InChI is InChI=1S/C14H21N3O/c1-12-11-17(10-9-15-12)14(18)7-4-6-13-5-2-3-8-16-13/h2-3,5,8,12,15H,4,6-7,9-11H2,1H3/t12-/m0/s1. The molecule has 0 bridgehead atoms. The van der Waals surface area contributed by atoms with Crippen molar-refractivity contribution in [3.8, 4) is 0 Å². The molecule has 1 N–H and O–H groups in total. The van der Waals surface area contributed by atoms with Gasteiger partial charge in [0.1, 0.15) is 0 Å². The summed E-state index contributed by atoms with van der Waals surface area (Å²) in [4.78, 5) is 18.2. The second kappa shape index (κ2) is 6.50. The maximum atomic E-state index is 12.0. The molecule has 0 spiro atoms. The van der Waals surface area contributed by atoms with Crippen molar-refractivity contribution >= 4 is 5.91 Å². The number of nitrogens with zero attached hydrogens (tertiary/aromatic N) is 2. The van der Waals surface area contributed by atoms with E-state index in [1.54, 1.807) is 6.20 Å². The number of carbonyl (C=O) groups excluding carboxylic acids is 1. The molecule has 1 saturated heterocycles. The minimum absolute atomic E-state index is 0.277. The van der Waals surface area contributed by atoms with Crippen molar-refractivity contribution in [1.29, 1.82) is 0 Å². The van der Waals surface area contributed by atoms with Gasteiger partial charge < -0.3 is 10.2 Å². The lowest BCUT2D eigenvalue weighted by atomic mass is 10.1. The highest BCUT2D eigenvalue weighted by molar-refractivity contribution is 5.76. The second-order valence-corrected chi connectivity index (χ2v) is 4.87. The molecule has 0 aromatic carbocycles. The third kappa shape index (κ3) is 3.81. The number of hydrogen-bond acceptors (Lipinski definition) is 3. The number of piperazine rings is 1. The SMILES string of the molecule is C[C@H]1CN(C(=O)CCCc2ccccn2)CCN1. The van der Waals surface area contributed by atoms with Gasteiger partial charge in [-0.15, -0.1) is 0 Å². The molecule has 1 aromatic heterocycles. The quantitative estimate of drug-likeness (QED) is 0.870. The Morgan fingerprint density at radius 1 is 1.56 bits per heavy atom. The van der Waals surface area contributed by atoms with E-state index in [2.05, 4.69) is 17.2 Å². The summed E-state index contributed by atoms with van der Waals surface area (Å²) in [5.41, 5.74) is 1.07. The van der Waals surface area contributed by atoms with Crippen LogP contribution in [0.2, 0.25) is 0 Å². The smallest absolute Gasteiger partial charge is 0.222 e. The van der Waals surface area contributed by atoms with Crippen LogP contribution in [0.25, 0.3) is 0 Å². The molecular weight excluding hydrogens is 226 g/mol. The van der Waals surface area contributed by atoms with Crippen molar-refractivity contribution < 1.29 is 4.79 Å². The van der Waals surface area contributed by atoms with Gasteiger partial charge in [0.25, 0.3) is 0 Å². The van der Waals surface area contributed by atoms with E-state index in [0.717, 1.165) is 38.2 Å². The Morgan fingerprint density at radius 3 is 3.17 bits per heavy atom. The number of carbonyl (C=O) groups is 1. The number of pyridine rings is 1. The fourth-order valence-electron chi connectivity index (χ4n) is 2.28. The lowest BCUT2D eigenvalue weighted by molar-refractivity contribution is -0.132. The third-order valence-electron chi connectivity index (χ3n) is 3.27. The van der Waals surface area contributed by atoms with E-state index in [0.29, 0.717) is 12.5 Å². The molecule has 0 radical (unpaired) electrons. The Kier molecular flexibility index (Phi) is 4.70. The predicted molar refractivity (Wildman–Crippen MR) is 71.2 cm³/mol. The molecule has 1 aliphatic rings. The first-order chi connectivity index (χ1) is 8.75. The van der Waals surface area contributed by atoms with E-state index in [-0.39, 0.29) is 5.91 Å². The molecule has 2 rings (SSSR count). The van der Waals surface area contributed by atoms with Gasteiger partial charge in [-0.3, -0.25) is 9.78 Å².